The number of nitrogens with zero attached hydrogens (tertiary/aromatic N) is 1. The lowest BCUT2D eigenvalue weighted by molar-refractivity contribution is -0.210. The Morgan fingerprint density at radius 2 is 1.80 bits per heavy atom. The van der Waals surface area contributed by atoms with E-state index in [-0.39, 0.29) is 30.9 Å². The number of hydrogen-bond acceptors (Lipinski definition) is 7. The maximum atomic E-state index is 13.8. The van der Waals surface area contributed by atoms with E-state index in [9.17, 15) is 17.6 Å². The number of benzene rings is 2. The minimum Gasteiger partial charge on any atom is -0.376 e. The normalized spacial score (nSPS) is 27.2. The fourth-order valence-corrected chi connectivity index (χ4v) is 5.56. The van der Waals surface area contributed by atoms with Gasteiger partial charge in [0.25, 0.3) is 16.0 Å². The van der Waals surface area contributed by atoms with Crippen molar-refractivity contribution >= 4 is 16.0 Å². The molecule has 3 aliphatic rings. The molecule has 35 heavy (non-hydrogen) atoms. The van der Waals surface area contributed by atoms with Gasteiger partial charge in [-0.15, -0.1) is 0 Å². The second-order valence-electron chi connectivity index (χ2n) is 9.17. The van der Waals surface area contributed by atoms with Crippen molar-refractivity contribution in [1.29, 1.82) is 0 Å². The number of carbonyl (C=O) groups excluding carboxylic acids is 1. The van der Waals surface area contributed by atoms with E-state index in [0.717, 1.165) is 22.9 Å². The summed E-state index contributed by atoms with van der Waals surface area (Å²) in [6.07, 6.45) is -0.834. The Labute approximate surface area is 204 Å². The predicted octanol–water partition coefficient (Wildman–Crippen LogP) is 2.22. The molecule has 0 N–H and O–H groups in total. The van der Waals surface area contributed by atoms with E-state index in [2.05, 4.69) is 0 Å². The maximum Gasteiger partial charge on any atom is 0.264 e. The first kappa shape index (κ1) is 24.3. The number of halogens is 1. The highest BCUT2D eigenvalue weighted by Gasteiger charge is 2.43. The summed E-state index contributed by atoms with van der Waals surface area (Å²) >= 11 is 0. The molecule has 5 rings (SSSR count). The van der Waals surface area contributed by atoms with E-state index in [1.165, 1.54) is 12.1 Å². The molecule has 0 spiro atoms. The minimum atomic E-state index is -3.78. The standard InChI is InChI=1S/C25H28FNO7S/c1-35(29,30)34-21-12-22(32-15-23(21)33-19-13-31-14-19)25(28)27-11-10-16-4-2-3-5-20(16)24(27)17-6-8-18(26)9-7-17/h2-9,19,21-24H,10-15H2,1H3/t21-,22+,23-,24-/m0/s1. The highest BCUT2D eigenvalue weighted by molar-refractivity contribution is 7.86. The van der Waals surface area contributed by atoms with Gasteiger partial charge in [-0.25, -0.2) is 4.39 Å². The molecule has 0 bridgehead atoms. The summed E-state index contributed by atoms with van der Waals surface area (Å²) in [4.78, 5) is 15.5. The van der Waals surface area contributed by atoms with E-state index in [1.807, 2.05) is 24.3 Å². The van der Waals surface area contributed by atoms with Gasteiger partial charge < -0.3 is 19.1 Å². The lowest BCUT2D eigenvalue weighted by atomic mass is 9.87. The molecule has 0 aliphatic carbocycles. The Bertz CT molecular complexity index is 1170. The average molecular weight is 506 g/mol. The van der Waals surface area contributed by atoms with Gasteiger partial charge in [0, 0.05) is 13.0 Å². The number of carbonyl (C=O) groups is 1. The molecule has 2 aromatic carbocycles. The third-order valence-corrected chi connectivity index (χ3v) is 7.22. The van der Waals surface area contributed by atoms with Crippen LogP contribution >= 0.6 is 0 Å². The Hall–Kier alpha value is -2.37. The van der Waals surface area contributed by atoms with Crippen LogP contribution in [-0.2, 0) is 39.7 Å². The summed E-state index contributed by atoms with van der Waals surface area (Å²) in [5, 5.41) is 0. The van der Waals surface area contributed by atoms with Crippen LogP contribution in [0.1, 0.15) is 29.2 Å². The van der Waals surface area contributed by atoms with Gasteiger partial charge in [0.2, 0.25) is 0 Å². The van der Waals surface area contributed by atoms with Crippen LogP contribution in [-0.4, -0.2) is 76.3 Å². The van der Waals surface area contributed by atoms with Gasteiger partial charge in [-0.3, -0.25) is 8.98 Å². The minimum absolute atomic E-state index is 0.0265. The lowest BCUT2D eigenvalue weighted by Gasteiger charge is -2.42. The summed E-state index contributed by atoms with van der Waals surface area (Å²) in [6.45, 7) is 1.33. The molecule has 3 aliphatic heterocycles. The molecule has 2 saturated heterocycles. The Kier molecular flexibility index (Phi) is 6.91. The van der Waals surface area contributed by atoms with Crippen LogP contribution < -0.4 is 0 Å². The number of hydrogen-bond donors (Lipinski definition) is 0. The van der Waals surface area contributed by atoms with Gasteiger partial charge in [0.1, 0.15) is 30.2 Å². The van der Waals surface area contributed by atoms with Crippen molar-refractivity contribution in [3.63, 3.8) is 0 Å². The first-order valence-electron chi connectivity index (χ1n) is 11.7. The number of ether oxygens (including phenoxy) is 3. The van der Waals surface area contributed by atoms with Gasteiger partial charge in [-0.1, -0.05) is 36.4 Å². The molecule has 0 radical (unpaired) electrons. The third-order valence-electron chi connectivity index (χ3n) is 6.62. The second-order valence-corrected chi connectivity index (χ2v) is 10.8. The monoisotopic (exact) mass is 505 g/mol. The average Bonchev–Trinajstić information content (AvgIpc) is 2.80. The molecule has 0 unspecified atom stereocenters. The lowest BCUT2D eigenvalue weighted by Crippen LogP contribution is -2.54. The molecule has 10 heteroatoms. The van der Waals surface area contributed by atoms with Crippen LogP contribution in [0.15, 0.2) is 48.5 Å². The zero-order valence-electron chi connectivity index (χ0n) is 19.3. The van der Waals surface area contributed by atoms with Gasteiger partial charge in [0.15, 0.2) is 0 Å². The molecule has 2 fully saturated rings. The highest BCUT2D eigenvalue weighted by Crippen LogP contribution is 2.37. The summed E-state index contributed by atoms with van der Waals surface area (Å²) in [5.74, 6) is -0.614. The Morgan fingerprint density at radius 1 is 1.06 bits per heavy atom. The van der Waals surface area contributed by atoms with E-state index in [4.69, 9.17) is 18.4 Å². The van der Waals surface area contributed by atoms with Crippen molar-refractivity contribution in [3.8, 4) is 0 Å². The zero-order chi connectivity index (χ0) is 24.6. The molecule has 3 heterocycles. The van der Waals surface area contributed by atoms with Crippen LogP contribution in [0.5, 0.6) is 0 Å². The van der Waals surface area contributed by atoms with Crippen molar-refractivity contribution in [2.75, 3.05) is 32.6 Å². The van der Waals surface area contributed by atoms with E-state index < -0.39 is 34.5 Å². The Morgan fingerprint density at radius 3 is 2.49 bits per heavy atom. The third kappa shape index (κ3) is 5.41. The number of amides is 1. The molecule has 8 nitrogen and oxygen atoms in total. The van der Waals surface area contributed by atoms with Crippen LogP contribution in [0.25, 0.3) is 0 Å². The second kappa shape index (κ2) is 9.94. The quantitative estimate of drug-likeness (QED) is 0.556. The van der Waals surface area contributed by atoms with Crippen LogP contribution in [0.3, 0.4) is 0 Å². The predicted molar refractivity (Wildman–Crippen MR) is 124 cm³/mol. The van der Waals surface area contributed by atoms with Crippen LogP contribution in [0, 0.1) is 5.82 Å². The summed E-state index contributed by atoms with van der Waals surface area (Å²) in [7, 11) is -3.78. The van der Waals surface area contributed by atoms with E-state index in [1.54, 1.807) is 17.0 Å². The largest absolute Gasteiger partial charge is 0.376 e. The molecule has 4 atom stereocenters. The molecular formula is C25H28FNO7S. The summed E-state index contributed by atoms with van der Waals surface area (Å²) in [5.41, 5.74) is 2.90. The number of fused-ring (bicyclic) bond motifs is 1. The Balaban J connectivity index is 1.40. The summed E-state index contributed by atoms with van der Waals surface area (Å²) < 4.78 is 59.8. The SMILES string of the molecule is CS(=O)(=O)O[C@H]1C[C@H](C(=O)N2CCc3ccccc3[C@@H]2c2ccc(F)cc2)OC[C@@H]1OC1COC1. The maximum absolute atomic E-state index is 13.8. The van der Waals surface area contributed by atoms with Crippen molar-refractivity contribution in [2.45, 2.75) is 43.3 Å². The molecular weight excluding hydrogens is 477 g/mol. The van der Waals surface area contributed by atoms with Gasteiger partial charge in [-0.2, -0.15) is 8.42 Å². The fourth-order valence-electron chi connectivity index (χ4n) is 4.91. The van der Waals surface area contributed by atoms with Gasteiger partial charge in [-0.05, 0) is 35.2 Å². The zero-order valence-corrected chi connectivity index (χ0v) is 20.2. The molecule has 188 valence electrons. The molecule has 2 aromatic rings. The highest BCUT2D eigenvalue weighted by atomic mass is 32.2. The molecule has 0 aromatic heterocycles. The van der Waals surface area contributed by atoms with Crippen molar-refractivity contribution in [1.82, 2.24) is 4.90 Å². The van der Waals surface area contributed by atoms with E-state index >= 15 is 0 Å². The van der Waals surface area contributed by atoms with Gasteiger partial charge >= 0.3 is 0 Å². The van der Waals surface area contributed by atoms with Crippen LogP contribution in [0.2, 0.25) is 0 Å². The van der Waals surface area contributed by atoms with Crippen molar-refractivity contribution in [2.24, 2.45) is 0 Å². The van der Waals surface area contributed by atoms with E-state index in [0.29, 0.717) is 26.2 Å². The van der Waals surface area contributed by atoms with Crippen molar-refractivity contribution < 1.29 is 36.0 Å². The first-order chi connectivity index (χ1) is 16.8. The van der Waals surface area contributed by atoms with Crippen molar-refractivity contribution in [3.05, 3.63) is 71.0 Å². The smallest absolute Gasteiger partial charge is 0.264 e. The first-order valence-corrected chi connectivity index (χ1v) is 13.5. The van der Waals surface area contributed by atoms with Crippen LogP contribution in [0.4, 0.5) is 4.39 Å². The number of rotatable bonds is 6. The fraction of sp³-hybridized carbons (Fsp3) is 0.480. The molecule has 0 saturated carbocycles. The molecule has 1 amide bonds. The van der Waals surface area contributed by atoms with Gasteiger partial charge in [0.05, 0.1) is 32.1 Å². The topological polar surface area (TPSA) is 91.4 Å². The summed E-state index contributed by atoms with van der Waals surface area (Å²) in [6, 6.07) is 13.6.